The standard InChI is InChI=1S/C15H16N4OS/c1-10-13(11(2)21-18-10)9-19-15(20)16-14(17-19)8-12-6-4-3-5-7-12/h3-7H,8-9H2,1-2H3,(H,16,17,20). The second-order valence-corrected chi connectivity index (χ2v) is 5.98. The van der Waals surface area contributed by atoms with Crippen LogP contribution in [0.3, 0.4) is 0 Å². The van der Waals surface area contributed by atoms with Crippen molar-refractivity contribution in [1.29, 1.82) is 0 Å². The number of aromatic amines is 1. The van der Waals surface area contributed by atoms with Crippen LogP contribution in [0.25, 0.3) is 0 Å². The van der Waals surface area contributed by atoms with Gasteiger partial charge in [-0.2, -0.15) is 9.47 Å². The van der Waals surface area contributed by atoms with Gasteiger partial charge in [0.2, 0.25) is 0 Å². The van der Waals surface area contributed by atoms with Crippen molar-refractivity contribution < 1.29 is 0 Å². The molecule has 3 aromatic rings. The Labute approximate surface area is 126 Å². The van der Waals surface area contributed by atoms with Crippen LogP contribution in [0, 0.1) is 13.8 Å². The van der Waals surface area contributed by atoms with E-state index in [1.54, 1.807) is 0 Å². The highest BCUT2D eigenvalue weighted by molar-refractivity contribution is 7.05. The smallest absolute Gasteiger partial charge is 0.292 e. The highest BCUT2D eigenvalue weighted by atomic mass is 32.1. The van der Waals surface area contributed by atoms with E-state index in [9.17, 15) is 4.79 Å². The van der Waals surface area contributed by atoms with Crippen molar-refractivity contribution in [3.05, 3.63) is 68.3 Å². The van der Waals surface area contributed by atoms with E-state index in [1.165, 1.54) is 16.2 Å². The Kier molecular flexibility index (Phi) is 3.70. The van der Waals surface area contributed by atoms with Gasteiger partial charge in [0, 0.05) is 16.9 Å². The van der Waals surface area contributed by atoms with Crippen LogP contribution in [0.4, 0.5) is 0 Å². The van der Waals surface area contributed by atoms with Crippen LogP contribution in [-0.4, -0.2) is 19.1 Å². The summed E-state index contributed by atoms with van der Waals surface area (Å²) in [6, 6.07) is 9.98. The lowest BCUT2D eigenvalue weighted by atomic mass is 10.1. The predicted octanol–water partition coefficient (Wildman–Crippen LogP) is 2.28. The number of hydrogen-bond acceptors (Lipinski definition) is 4. The molecule has 3 rings (SSSR count). The Balaban J connectivity index is 1.84. The molecule has 0 aliphatic rings. The molecule has 1 aromatic carbocycles. The Bertz CT molecular complexity index is 781. The molecule has 2 aromatic heterocycles. The van der Waals surface area contributed by atoms with E-state index < -0.39 is 0 Å². The number of benzene rings is 1. The number of hydrogen-bond donors (Lipinski definition) is 1. The molecule has 5 nitrogen and oxygen atoms in total. The van der Waals surface area contributed by atoms with Crippen molar-refractivity contribution in [2.75, 3.05) is 0 Å². The zero-order chi connectivity index (χ0) is 14.8. The van der Waals surface area contributed by atoms with Gasteiger partial charge in [-0.05, 0) is 30.9 Å². The summed E-state index contributed by atoms with van der Waals surface area (Å²) in [7, 11) is 0. The second kappa shape index (κ2) is 5.65. The summed E-state index contributed by atoms with van der Waals surface area (Å²) in [5.74, 6) is 0.685. The Morgan fingerprint density at radius 2 is 2.00 bits per heavy atom. The van der Waals surface area contributed by atoms with Gasteiger partial charge in [-0.3, -0.25) is 4.98 Å². The maximum Gasteiger partial charge on any atom is 0.343 e. The molecule has 2 heterocycles. The van der Waals surface area contributed by atoms with Crippen LogP contribution in [0.2, 0.25) is 0 Å². The summed E-state index contributed by atoms with van der Waals surface area (Å²) in [6.07, 6.45) is 0.628. The Morgan fingerprint density at radius 1 is 1.24 bits per heavy atom. The average Bonchev–Trinajstić information content (AvgIpc) is 2.97. The highest BCUT2D eigenvalue weighted by Gasteiger charge is 2.11. The summed E-state index contributed by atoms with van der Waals surface area (Å²) >= 11 is 1.46. The van der Waals surface area contributed by atoms with E-state index in [-0.39, 0.29) is 5.69 Å². The molecule has 1 N–H and O–H groups in total. The second-order valence-electron chi connectivity index (χ2n) is 5.00. The normalized spacial score (nSPS) is 11.0. The third-order valence-electron chi connectivity index (χ3n) is 3.43. The van der Waals surface area contributed by atoms with Gasteiger partial charge in [-0.15, -0.1) is 0 Å². The van der Waals surface area contributed by atoms with Crippen molar-refractivity contribution in [3.63, 3.8) is 0 Å². The third kappa shape index (κ3) is 2.95. The monoisotopic (exact) mass is 300 g/mol. The van der Waals surface area contributed by atoms with Gasteiger partial charge in [0.25, 0.3) is 0 Å². The summed E-state index contributed by atoms with van der Waals surface area (Å²) in [6.45, 7) is 4.45. The van der Waals surface area contributed by atoms with E-state index in [0.29, 0.717) is 18.8 Å². The number of rotatable bonds is 4. The first-order valence-electron chi connectivity index (χ1n) is 6.75. The summed E-state index contributed by atoms with van der Waals surface area (Å²) in [5.41, 5.74) is 3.01. The molecule has 6 heteroatoms. The van der Waals surface area contributed by atoms with Crippen molar-refractivity contribution in [2.45, 2.75) is 26.8 Å². The molecule has 0 saturated carbocycles. The number of nitrogens with zero attached hydrogens (tertiary/aromatic N) is 3. The first-order chi connectivity index (χ1) is 10.1. The van der Waals surface area contributed by atoms with Crippen LogP contribution in [0.5, 0.6) is 0 Å². The van der Waals surface area contributed by atoms with E-state index in [0.717, 1.165) is 21.7 Å². The van der Waals surface area contributed by atoms with Gasteiger partial charge in [0.1, 0.15) is 5.82 Å². The minimum Gasteiger partial charge on any atom is -0.292 e. The van der Waals surface area contributed by atoms with Gasteiger partial charge >= 0.3 is 5.69 Å². The first kappa shape index (κ1) is 13.8. The molecule has 0 spiro atoms. The van der Waals surface area contributed by atoms with Crippen molar-refractivity contribution >= 4 is 11.5 Å². The summed E-state index contributed by atoms with van der Waals surface area (Å²) < 4.78 is 5.78. The Morgan fingerprint density at radius 3 is 2.67 bits per heavy atom. The quantitative estimate of drug-likeness (QED) is 0.804. The van der Waals surface area contributed by atoms with E-state index in [4.69, 9.17) is 0 Å². The molecule has 0 aliphatic heterocycles. The fraction of sp³-hybridized carbons (Fsp3) is 0.267. The minimum atomic E-state index is -0.175. The predicted molar refractivity (Wildman–Crippen MR) is 82.8 cm³/mol. The number of aromatic nitrogens is 4. The maximum atomic E-state index is 12.0. The number of nitrogens with one attached hydrogen (secondary N) is 1. The van der Waals surface area contributed by atoms with Crippen LogP contribution in [0.1, 0.15) is 27.5 Å². The molecule has 0 atom stereocenters. The molecule has 0 unspecified atom stereocenters. The third-order valence-corrected chi connectivity index (χ3v) is 4.32. The highest BCUT2D eigenvalue weighted by Crippen LogP contribution is 2.17. The first-order valence-corrected chi connectivity index (χ1v) is 7.52. The van der Waals surface area contributed by atoms with Crippen LogP contribution >= 0.6 is 11.5 Å². The minimum absolute atomic E-state index is 0.175. The lowest BCUT2D eigenvalue weighted by Gasteiger charge is -2.00. The van der Waals surface area contributed by atoms with Gasteiger partial charge < -0.3 is 0 Å². The molecule has 0 bridgehead atoms. The largest absolute Gasteiger partial charge is 0.343 e. The molecule has 0 fully saturated rings. The lowest BCUT2D eigenvalue weighted by Crippen LogP contribution is -2.19. The van der Waals surface area contributed by atoms with Crippen molar-refractivity contribution in [3.8, 4) is 0 Å². The van der Waals surface area contributed by atoms with Gasteiger partial charge in [0.05, 0.1) is 12.2 Å². The fourth-order valence-corrected chi connectivity index (χ4v) is 2.96. The van der Waals surface area contributed by atoms with E-state index in [2.05, 4.69) is 14.5 Å². The van der Waals surface area contributed by atoms with Gasteiger partial charge in [-0.1, -0.05) is 30.3 Å². The molecule has 21 heavy (non-hydrogen) atoms. The van der Waals surface area contributed by atoms with E-state index in [1.807, 2.05) is 44.2 Å². The summed E-state index contributed by atoms with van der Waals surface area (Å²) in [5, 5.41) is 4.39. The summed E-state index contributed by atoms with van der Waals surface area (Å²) in [4.78, 5) is 16.0. The lowest BCUT2D eigenvalue weighted by molar-refractivity contribution is 0.648. The number of H-pyrrole nitrogens is 1. The van der Waals surface area contributed by atoms with Crippen LogP contribution < -0.4 is 5.69 Å². The average molecular weight is 300 g/mol. The molecule has 0 aliphatic carbocycles. The molecule has 108 valence electrons. The van der Waals surface area contributed by atoms with E-state index >= 15 is 0 Å². The van der Waals surface area contributed by atoms with Crippen molar-refractivity contribution in [1.82, 2.24) is 19.1 Å². The van der Waals surface area contributed by atoms with Crippen molar-refractivity contribution in [2.24, 2.45) is 0 Å². The number of aryl methyl sites for hydroxylation is 2. The SMILES string of the molecule is Cc1nsc(C)c1Cn1nc(Cc2ccccc2)[nH]c1=O. The topological polar surface area (TPSA) is 63.6 Å². The zero-order valence-electron chi connectivity index (χ0n) is 12.0. The van der Waals surface area contributed by atoms with Gasteiger partial charge in [0.15, 0.2) is 0 Å². The van der Waals surface area contributed by atoms with Crippen LogP contribution in [-0.2, 0) is 13.0 Å². The Hall–Kier alpha value is -2.21. The molecular weight excluding hydrogens is 284 g/mol. The molecule has 0 radical (unpaired) electrons. The van der Waals surface area contributed by atoms with Crippen LogP contribution in [0.15, 0.2) is 35.1 Å². The van der Waals surface area contributed by atoms with Gasteiger partial charge in [-0.25, -0.2) is 9.48 Å². The maximum absolute atomic E-state index is 12.0. The fourth-order valence-electron chi connectivity index (χ4n) is 2.26. The zero-order valence-corrected chi connectivity index (χ0v) is 12.8. The molecular formula is C15H16N4OS. The molecule has 0 saturated heterocycles. The molecule has 0 amide bonds.